The summed E-state index contributed by atoms with van der Waals surface area (Å²) >= 11 is 0. The highest BCUT2D eigenvalue weighted by Gasteiger charge is 2.61. The van der Waals surface area contributed by atoms with Crippen molar-refractivity contribution in [1.29, 1.82) is 0 Å². The molecule has 62 valence electrons. The second-order valence-electron chi connectivity index (χ2n) is 5.25. The quantitative estimate of drug-likeness (QED) is 0.498. The Morgan fingerprint density at radius 3 is 1.73 bits per heavy atom. The predicted octanol–water partition coefficient (Wildman–Crippen LogP) is 2.93. The highest BCUT2D eigenvalue weighted by atomic mass is 14.7. The van der Waals surface area contributed by atoms with Gasteiger partial charge in [0, 0.05) is 0 Å². The van der Waals surface area contributed by atoms with Crippen LogP contribution < -0.4 is 0 Å². The van der Waals surface area contributed by atoms with Gasteiger partial charge >= 0.3 is 0 Å². The summed E-state index contributed by atoms with van der Waals surface area (Å²) in [6, 6.07) is 0. The van der Waals surface area contributed by atoms with E-state index in [1.165, 1.54) is 30.1 Å². The van der Waals surface area contributed by atoms with Crippen molar-refractivity contribution < 1.29 is 0 Å². The van der Waals surface area contributed by atoms with E-state index in [1.807, 2.05) is 0 Å². The summed E-state index contributed by atoms with van der Waals surface area (Å²) in [6.07, 6.45) is 4.69. The Labute approximate surface area is 69.4 Å². The van der Waals surface area contributed by atoms with Crippen molar-refractivity contribution in [2.75, 3.05) is 0 Å². The first-order valence-electron chi connectivity index (χ1n) is 5.29. The fraction of sp³-hybridized carbons (Fsp3) is 1.00. The minimum Gasteiger partial charge on any atom is -0.0622 e. The van der Waals surface area contributed by atoms with Gasteiger partial charge in [0.15, 0.2) is 0 Å². The zero-order valence-electron chi connectivity index (χ0n) is 7.59. The summed E-state index contributed by atoms with van der Waals surface area (Å²) in [6.45, 7) is 4.98. The highest BCUT2D eigenvalue weighted by molar-refractivity contribution is 5.09. The molecule has 4 bridgehead atoms. The third-order valence-electron chi connectivity index (χ3n) is 4.87. The predicted molar refractivity (Wildman–Crippen MR) is 46.1 cm³/mol. The molecule has 0 aromatic heterocycles. The monoisotopic (exact) mass is 150 g/mol. The Bertz CT molecular complexity index is 156. The maximum absolute atomic E-state index is 2.49. The average Bonchev–Trinajstić information content (AvgIpc) is 2.40. The second-order valence-corrected chi connectivity index (χ2v) is 5.25. The summed E-state index contributed by atoms with van der Waals surface area (Å²) in [7, 11) is 0. The topological polar surface area (TPSA) is 0 Å². The van der Waals surface area contributed by atoms with E-state index in [4.69, 9.17) is 0 Å². The smallest absolute Gasteiger partial charge is 0.0326 e. The molecule has 11 heavy (non-hydrogen) atoms. The van der Waals surface area contributed by atoms with Crippen molar-refractivity contribution in [3.8, 4) is 0 Å². The van der Waals surface area contributed by atoms with Crippen LogP contribution in [0.1, 0.15) is 33.1 Å². The third-order valence-corrected chi connectivity index (χ3v) is 4.87. The molecule has 5 aliphatic rings. The summed E-state index contributed by atoms with van der Waals surface area (Å²) in [5.41, 5.74) is 0. The Kier molecular flexibility index (Phi) is 1.09. The molecule has 0 saturated heterocycles. The van der Waals surface area contributed by atoms with Gasteiger partial charge in [-0.05, 0) is 54.8 Å². The summed E-state index contributed by atoms with van der Waals surface area (Å²) in [5, 5.41) is 0. The lowest BCUT2D eigenvalue weighted by Gasteiger charge is -2.56. The van der Waals surface area contributed by atoms with Gasteiger partial charge in [-0.1, -0.05) is 13.8 Å². The van der Waals surface area contributed by atoms with E-state index in [1.54, 1.807) is 12.8 Å². The number of rotatable bonds is 0. The highest BCUT2D eigenvalue weighted by Crippen LogP contribution is 2.67. The lowest BCUT2D eigenvalue weighted by Crippen LogP contribution is -2.51. The van der Waals surface area contributed by atoms with Gasteiger partial charge in [0.05, 0.1) is 0 Å². The van der Waals surface area contributed by atoms with Crippen LogP contribution in [0.2, 0.25) is 0 Å². The van der Waals surface area contributed by atoms with Gasteiger partial charge in [-0.2, -0.15) is 0 Å². The van der Waals surface area contributed by atoms with Crippen molar-refractivity contribution in [2.45, 2.75) is 33.1 Å². The van der Waals surface area contributed by atoms with Crippen LogP contribution in [0.15, 0.2) is 0 Å². The lowest BCUT2D eigenvalue weighted by molar-refractivity contribution is -0.0850. The van der Waals surface area contributed by atoms with E-state index in [-0.39, 0.29) is 0 Å². The molecule has 0 aliphatic heterocycles. The molecule has 0 aromatic rings. The molecule has 0 heteroatoms. The molecule has 0 amide bonds. The Hall–Kier alpha value is 0. The van der Waals surface area contributed by atoms with Crippen LogP contribution in [0.5, 0.6) is 0 Å². The van der Waals surface area contributed by atoms with Gasteiger partial charge in [-0.25, -0.2) is 0 Å². The molecular weight excluding hydrogens is 132 g/mol. The van der Waals surface area contributed by atoms with Crippen LogP contribution in [-0.4, -0.2) is 0 Å². The van der Waals surface area contributed by atoms with Crippen molar-refractivity contribution in [2.24, 2.45) is 35.5 Å². The van der Waals surface area contributed by atoms with Gasteiger partial charge in [-0.15, -0.1) is 0 Å². The number of hydrogen-bond acceptors (Lipinski definition) is 0. The summed E-state index contributed by atoms with van der Waals surface area (Å²) < 4.78 is 0. The van der Waals surface area contributed by atoms with Crippen LogP contribution in [0.4, 0.5) is 0 Å². The number of hydrogen-bond donors (Lipinski definition) is 0. The lowest BCUT2D eigenvalue weighted by atomic mass is 9.48. The van der Waals surface area contributed by atoms with Gasteiger partial charge in [0.1, 0.15) is 0 Å². The maximum atomic E-state index is 2.49. The zero-order chi connectivity index (χ0) is 7.59. The van der Waals surface area contributed by atoms with E-state index in [0.717, 1.165) is 11.8 Å². The molecule has 2 atom stereocenters. The SMILES string of the molecule is CC1CC(C)C2C3CCC2C13. The molecule has 5 fully saturated rings. The van der Waals surface area contributed by atoms with Crippen molar-refractivity contribution in [3.05, 3.63) is 0 Å². The standard InChI is InChI=1S/C11H18/c1-6-5-7(2)11-8-3-4-9(11)10(6)8/h6-11H,3-5H2,1-2H3. The molecule has 0 heterocycles. The van der Waals surface area contributed by atoms with Crippen molar-refractivity contribution in [3.63, 3.8) is 0 Å². The molecule has 0 N–H and O–H groups in total. The summed E-state index contributed by atoms with van der Waals surface area (Å²) in [4.78, 5) is 0. The first-order valence-corrected chi connectivity index (χ1v) is 5.29. The zero-order valence-corrected chi connectivity index (χ0v) is 7.59. The molecule has 2 unspecified atom stereocenters. The van der Waals surface area contributed by atoms with Gasteiger partial charge in [0.25, 0.3) is 0 Å². The molecule has 0 spiro atoms. The van der Waals surface area contributed by atoms with E-state index < -0.39 is 0 Å². The van der Waals surface area contributed by atoms with Crippen molar-refractivity contribution in [1.82, 2.24) is 0 Å². The largest absolute Gasteiger partial charge is 0.0622 e. The van der Waals surface area contributed by atoms with E-state index in [2.05, 4.69) is 13.8 Å². The van der Waals surface area contributed by atoms with Gasteiger partial charge in [0.2, 0.25) is 0 Å². The molecule has 0 aromatic carbocycles. The first kappa shape index (κ1) is 6.51. The molecular formula is C11H18. The third kappa shape index (κ3) is 0.588. The molecule has 0 radical (unpaired) electrons. The van der Waals surface area contributed by atoms with Crippen LogP contribution in [0.25, 0.3) is 0 Å². The minimum absolute atomic E-state index is 1.06. The first-order chi connectivity index (χ1) is 5.29. The second kappa shape index (κ2) is 1.84. The normalized spacial score (nSPS) is 66.0. The maximum Gasteiger partial charge on any atom is -0.0326 e. The molecule has 0 nitrogen and oxygen atoms in total. The fourth-order valence-corrected chi connectivity index (χ4v) is 4.75. The van der Waals surface area contributed by atoms with Gasteiger partial charge < -0.3 is 0 Å². The molecule has 5 rings (SSSR count). The van der Waals surface area contributed by atoms with E-state index in [9.17, 15) is 0 Å². The van der Waals surface area contributed by atoms with Gasteiger partial charge in [-0.3, -0.25) is 0 Å². The van der Waals surface area contributed by atoms with Crippen LogP contribution in [0, 0.1) is 35.5 Å². The van der Waals surface area contributed by atoms with E-state index in [0.29, 0.717) is 0 Å². The molecule has 5 aliphatic carbocycles. The minimum atomic E-state index is 1.06. The Balaban J connectivity index is 1.93. The van der Waals surface area contributed by atoms with Crippen LogP contribution in [-0.2, 0) is 0 Å². The fourth-order valence-electron chi connectivity index (χ4n) is 4.75. The number of fused-ring (bicyclic) bond motifs is 3. The average molecular weight is 150 g/mol. The van der Waals surface area contributed by atoms with E-state index >= 15 is 0 Å². The Morgan fingerprint density at radius 1 is 0.818 bits per heavy atom. The van der Waals surface area contributed by atoms with Crippen molar-refractivity contribution >= 4 is 0 Å². The molecule has 5 saturated carbocycles. The van der Waals surface area contributed by atoms with Crippen LogP contribution >= 0.6 is 0 Å². The van der Waals surface area contributed by atoms with Crippen LogP contribution in [0.3, 0.4) is 0 Å². The Morgan fingerprint density at radius 2 is 1.27 bits per heavy atom. The summed E-state index contributed by atoms with van der Waals surface area (Å²) in [5.74, 6) is 6.84.